The fraction of sp³-hybridized carbons (Fsp3) is 0.789. The fourth-order valence-electron chi connectivity index (χ4n) is 6.11. The van der Waals surface area contributed by atoms with E-state index in [1.807, 2.05) is 11.2 Å². The van der Waals surface area contributed by atoms with Gasteiger partial charge in [-0.15, -0.1) is 11.8 Å². The number of nitro groups is 1. The van der Waals surface area contributed by atoms with Gasteiger partial charge in [0.05, 0.1) is 11.8 Å². The number of nitrogens with zero attached hydrogens (tertiary/aromatic N) is 2. The SMILES string of the molecule is CNC(c1ccc(CSCCN2C(SC)C2[N+](=O)[O-])o1)C1C2CC3C(C2)C31. The molecule has 0 spiro atoms. The van der Waals surface area contributed by atoms with E-state index in [2.05, 4.69) is 24.5 Å². The van der Waals surface area contributed by atoms with Crippen molar-refractivity contribution in [2.45, 2.75) is 36.2 Å². The summed E-state index contributed by atoms with van der Waals surface area (Å²) in [6.07, 6.45) is 4.34. The Balaban J connectivity index is 1.11. The first-order valence-electron chi connectivity index (χ1n) is 9.89. The van der Waals surface area contributed by atoms with Crippen LogP contribution in [0.25, 0.3) is 0 Å². The van der Waals surface area contributed by atoms with Gasteiger partial charge in [0.1, 0.15) is 16.9 Å². The summed E-state index contributed by atoms with van der Waals surface area (Å²) in [4.78, 5) is 12.8. The second kappa shape index (κ2) is 6.97. The second-order valence-electron chi connectivity index (χ2n) is 8.40. The van der Waals surface area contributed by atoms with Crippen molar-refractivity contribution in [2.24, 2.45) is 29.6 Å². The maximum atomic E-state index is 11.0. The first-order valence-corrected chi connectivity index (χ1v) is 12.3. The maximum Gasteiger partial charge on any atom is 0.294 e. The predicted molar refractivity (Wildman–Crippen MR) is 108 cm³/mol. The highest BCUT2D eigenvalue weighted by Crippen LogP contribution is 2.75. The van der Waals surface area contributed by atoms with Crippen molar-refractivity contribution in [1.29, 1.82) is 0 Å². The molecule has 6 nitrogen and oxygen atoms in total. The molecule has 2 heterocycles. The Hall–Kier alpha value is -0.700. The maximum absolute atomic E-state index is 11.0. The highest BCUT2D eigenvalue weighted by Gasteiger charge is 2.69. The van der Waals surface area contributed by atoms with E-state index in [9.17, 15) is 10.1 Å². The molecule has 1 aliphatic heterocycles. The zero-order valence-electron chi connectivity index (χ0n) is 15.7. The summed E-state index contributed by atoms with van der Waals surface area (Å²) in [6, 6.07) is 4.62. The van der Waals surface area contributed by atoms with Crippen LogP contribution in [0.1, 0.15) is 30.4 Å². The number of rotatable bonds is 10. The van der Waals surface area contributed by atoms with Gasteiger partial charge < -0.3 is 9.73 Å². The molecule has 8 heteroatoms. The molecule has 27 heavy (non-hydrogen) atoms. The monoisotopic (exact) mass is 409 g/mol. The summed E-state index contributed by atoms with van der Waals surface area (Å²) in [7, 11) is 2.06. The van der Waals surface area contributed by atoms with E-state index in [-0.39, 0.29) is 10.3 Å². The fourth-order valence-corrected chi connectivity index (χ4v) is 7.88. The second-order valence-corrected chi connectivity index (χ2v) is 10.5. The standard InChI is InChI=1S/C19H27N3O3S2/c1-20-17(15-10-7-12-13(8-10)16(12)15)14-4-3-11(25-14)9-27-6-5-21-18(22(23)24)19(21)26-2/h3-4,10,12-13,15-20H,5-9H2,1-2H3. The summed E-state index contributed by atoms with van der Waals surface area (Å²) < 4.78 is 6.20. The molecule has 4 saturated carbocycles. The third-order valence-corrected chi connectivity index (χ3v) is 9.21. The average molecular weight is 410 g/mol. The summed E-state index contributed by atoms with van der Waals surface area (Å²) in [5.74, 6) is 8.49. The van der Waals surface area contributed by atoms with Crippen LogP contribution in [0, 0.1) is 39.7 Å². The zero-order valence-corrected chi connectivity index (χ0v) is 17.4. The van der Waals surface area contributed by atoms with Crippen molar-refractivity contribution in [3.63, 3.8) is 0 Å². The van der Waals surface area contributed by atoms with Crippen LogP contribution in [0.15, 0.2) is 16.5 Å². The average Bonchev–Trinajstić information content (AvgIpc) is 3.15. The van der Waals surface area contributed by atoms with Crippen molar-refractivity contribution < 1.29 is 9.34 Å². The summed E-state index contributed by atoms with van der Waals surface area (Å²) in [5, 5.41) is 14.6. The Morgan fingerprint density at radius 3 is 2.74 bits per heavy atom. The van der Waals surface area contributed by atoms with E-state index < -0.39 is 6.17 Å². The number of thioether (sulfide) groups is 2. The van der Waals surface area contributed by atoms with Gasteiger partial charge in [-0.2, -0.15) is 11.8 Å². The molecule has 4 aliphatic carbocycles. The first kappa shape index (κ1) is 18.3. The van der Waals surface area contributed by atoms with Gasteiger partial charge in [-0.05, 0) is 67.9 Å². The van der Waals surface area contributed by atoms with E-state index in [0.29, 0.717) is 6.04 Å². The lowest BCUT2D eigenvalue weighted by molar-refractivity contribution is -0.505. The van der Waals surface area contributed by atoms with E-state index in [0.717, 1.165) is 59.2 Å². The molecule has 148 valence electrons. The van der Waals surface area contributed by atoms with Gasteiger partial charge in [-0.3, -0.25) is 10.1 Å². The molecule has 1 aromatic rings. The normalized spacial score (nSPS) is 41.7. The Bertz CT molecular complexity index is 715. The van der Waals surface area contributed by atoms with Crippen molar-refractivity contribution in [3.8, 4) is 0 Å². The Morgan fingerprint density at radius 1 is 1.41 bits per heavy atom. The number of hydrogen-bond acceptors (Lipinski definition) is 7. The minimum Gasteiger partial charge on any atom is -0.464 e. The van der Waals surface area contributed by atoms with Gasteiger partial charge in [0.15, 0.2) is 0 Å². The van der Waals surface area contributed by atoms with Gasteiger partial charge in [-0.1, -0.05) is 0 Å². The molecule has 5 aliphatic rings. The molecule has 4 bridgehead atoms. The topological polar surface area (TPSA) is 71.3 Å². The predicted octanol–water partition coefficient (Wildman–Crippen LogP) is 3.28. The zero-order chi connectivity index (χ0) is 18.7. The largest absolute Gasteiger partial charge is 0.464 e. The molecule has 0 radical (unpaired) electrons. The summed E-state index contributed by atoms with van der Waals surface area (Å²) in [5.41, 5.74) is 0. The van der Waals surface area contributed by atoms with Gasteiger partial charge in [0.2, 0.25) is 0 Å². The third kappa shape index (κ3) is 3.03. The highest BCUT2D eigenvalue weighted by molar-refractivity contribution is 7.99. The molecule has 1 N–H and O–H groups in total. The molecule has 6 rings (SSSR count). The van der Waals surface area contributed by atoms with Crippen LogP contribution >= 0.6 is 23.5 Å². The van der Waals surface area contributed by atoms with Crippen molar-refractivity contribution in [1.82, 2.24) is 10.2 Å². The minimum absolute atomic E-state index is 0.0520. The Morgan fingerprint density at radius 2 is 2.19 bits per heavy atom. The van der Waals surface area contributed by atoms with E-state index in [1.54, 1.807) is 23.5 Å². The van der Waals surface area contributed by atoms with Crippen molar-refractivity contribution in [3.05, 3.63) is 33.8 Å². The summed E-state index contributed by atoms with van der Waals surface area (Å²) >= 11 is 3.36. The summed E-state index contributed by atoms with van der Waals surface area (Å²) in [6.45, 7) is 0.767. The Labute approximate surface area is 168 Å². The van der Waals surface area contributed by atoms with Gasteiger partial charge in [0.25, 0.3) is 6.17 Å². The third-order valence-electron chi connectivity index (χ3n) is 7.25. The van der Waals surface area contributed by atoms with Crippen LogP contribution < -0.4 is 5.32 Å². The Kier molecular flexibility index (Phi) is 4.73. The molecule has 0 aromatic carbocycles. The number of furan rings is 1. The van der Waals surface area contributed by atoms with Crippen LogP contribution in [0.4, 0.5) is 0 Å². The van der Waals surface area contributed by atoms with E-state index in [4.69, 9.17) is 4.42 Å². The lowest BCUT2D eigenvalue weighted by Gasteiger charge is -2.24. The van der Waals surface area contributed by atoms with Crippen LogP contribution in [-0.2, 0) is 5.75 Å². The first-order chi connectivity index (χ1) is 13.1. The van der Waals surface area contributed by atoms with Gasteiger partial charge >= 0.3 is 0 Å². The molecule has 5 fully saturated rings. The van der Waals surface area contributed by atoms with Crippen LogP contribution in [0.3, 0.4) is 0 Å². The van der Waals surface area contributed by atoms with E-state index >= 15 is 0 Å². The number of nitrogens with one attached hydrogen (secondary N) is 1. The number of hydrogen-bond donors (Lipinski definition) is 1. The van der Waals surface area contributed by atoms with Crippen LogP contribution in [0.2, 0.25) is 0 Å². The van der Waals surface area contributed by atoms with Crippen LogP contribution in [0.5, 0.6) is 0 Å². The molecule has 0 amide bonds. The lowest BCUT2D eigenvalue weighted by Crippen LogP contribution is -2.27. The molecule has 1 saturated heterocycles. The lowest BCUT2D eigenvalue weighted by atomic mass is 9.89. The van der Waals surface area contributed by atoms with E-state index in [1.165, 1.54) is 12.8 Å². The molecule has 7 unspecified atom stereocenters. The molecule has 7 atom stereocenters. The quantitative estimate of drug-likeness (QED) is 0.275. The highest BCUT2D eigenvalue weighted by atomic mass is 32.2. The molecular formula is C19H27N3O3S2. The van der Waals surface area contributed by atoms with Crippen molar-refractivity contribution in [2.75, 3.05) is 25.6 Å². The minimum atomic E-state index is -0.490. The van der Waals surface area contributed by atoms with Gasteiger partial charge in [-0.25, -0.2) is 4.90 Å². The van der Waals surface area contributed by atoms with Gasteiger partial charge in [0, 0.05) is 17.2 Å². The van der Waals surface area contributed by atoms with Crippen molar-refractivity contribution >= 4 is 23.5 Å². The van der Waals surface area contributed by atoms with Crippen LogP contribution in [-0.4, -0.2) is 47.0 Å². The smallest absolute Gasteiger partial charge is 0.294 e. The molecule has 1 aromatic heterocycles. The molecular weight excluding hydrogens is 382 g/mol.